The highest BCUT2D eigenvalue weighted by atomic mass is 35.5. The molecular formula is C14H14ClNO5. The Morgan fingerprint density at radius 3 is 2.67 bits per heavy atom. The van der Waals surface area contributed by atoms with E-state index >= 15 is 0 Å². The van der Waals surface area contributed by atoms with E-state index in [4.69, 9.17) is 21.1 Å². The van der Waals surface area contributed by atoms with Gasteiger partial charge in [0.1, 0.15) is 0 Å². The first-order chi connectivity index (χ1) is 10.0. The van der Waals surface area contributed by atoms with Crippen molar-refractivity contribution in [2.45, 2.75) is 12.8 Å². The molecule has 0 saturated carbocycles. The molecule has 0 spiro atoms. The lowest BCUT2D eigenvalue weighted by molar-refractivity contribution is -0.481. The monoisotopic (exact) mass is 311 g/mol. The lowest BCUT2D eigenvalue weighted by Crippen LogP contribution is -2.19. The third-order valence-corrected chi connectivity index (χ3v) is 3.33. The molecule has 0 unspecified atom stereocenters. The van der Waals surface area contributed by atoms with Gasteiger partial charge in [0.2, 0.25) is 12.3 Å². The van der Waals surface area contributed by atoms with Crippen LogP contribution in [0.1, 0.15) is 18.4 Å². The van der Waals surface area contributed by atoms with Crippen LogP contribution < -0.4 is 0 Å². The van der Waals surface area contributed by atoms with Crippen LogP contribution in [0.2, 0.25) is 5.02 Å². The molecule has 2 rings (SSSR count). The number of ether oxygens (including phenoxy) is 2. The highest BCUT2D eigenvalue weighted by Crippen LogP contribution is 2.33. The van der Waals surface area contributed by atoms with Gasteiger partial charge >= 0.3 is 0 Å². The average molecular weight is 312 g/mol. The minimum absolute atomic E-state index is 0.0873. The van der Waals surface area contributed by atoms with Gasteiger partial charge in [-0.1, -0.05) is 23.7 Å². The molecular weight excluding hydrogens is 298 g/mol. The van der Waals surface area contributed by atoms with E-state index in [9.17, 15) is 14.9 Å². The van der Waals surface area contributed by atoms with E-state index in [1.807, 2.05) is 0 Å². The van der Waals surface area contributed by atoms with Gasteiger partial charge in [-0.2, -0.15) is 0 Å². The zero-order valence-electron chi connectivity index (χ0n) is 11.4. The SMILES string of the molecule is CCOC1=C([C@H](C[N+](=O)[O-])c2ccc(Cl)cc2)C(=O)CO1. The summed E-state index contributed by atoms with van der Waals surface area (Å²) in [4.78, 5) is 22.5. The van der Waals surface area contributed by atoms with Gasteiger partial charge < -0.3 is 9.47 Å². The summed E-state index contributed by atoms with van der Waals surface area (Å²) in [7, 11) is 0. The van der Waals surface area contributed by atoms with Crippen LogP contribution in [-0.2, 0) is 14.3 Å². The van der Waals surface area contributed by atoms with Gasteiger partial charge in [0.25, 0.3) is 5.95 Å². The summed E-state index contributed by atoms with van der Waals surface area (Å²) in [6.07, 6.45) is 0. The molecule has 1 aliphatic rings. The van der Waals surface area contributed by atoms with Crippen molar-refractivity contribution in [2.24, 2.45) is 0 Å². The summed E-state index contributed by atoms with van der Waals surface area (Å²) in [6.45, 7) is 1.51. The Labute approximate surface area is 126 Å². The summed E-state index contributed by atoms with van der Waals surface area (Å²) in [6, 6.07) is 6.59. The molecule has 21 heavy (non-hydrogen) atoms. The number of hydrogen-bond acceptors (Lipinski definition) is 5. The highest BCUT2D eigenvalue weighted by Gasteiger charge is 2.36. The molecule has 0 aliphatic carbocycles. The van der Waals surface area contributed by atoms with Crippen LogP contribution in [0, 0.1) is 10.1 Å². The van der Waals surface area contributed by atoms with Crippen molar-refractivity contribution >= 4 is 17.4 Å². The van der Waals surface area contributed by atoms with Crippen molar-refractivity contribution < 1.29 is 19.2 Å². The van der Waals surface area contributed by atoms with Gasteiger partial charge in [0.15, 0.2) is 6.61 Å². The molecule has 0 radical (unpaired) electrons. The molecule has 1 aromatic carbocycles. The van der Waals surface area contributed by atoms with Gasteiger partial charge in [-0.15, -0.1) is 0 Å². The average Bonchev–Trinajstić information content (AvgIpc) is 2.79. The molecule has 112 valence electrons. The van der Waals surface area contributed by atoms with Crippen LogP contribution in [0.4, 0.5) is 0 Å². The normalized spacial score (nSPS) is 15.8. The Balaban J connectivity index is 2.43. The molecule has 0 amide bonds. The molecule has 0 fully saturated rings. The third-order valence-electron chi connectivity index (χ3n) is 3.08. The summed E-state index contributed by atoms with van der Waals surface area (Å²) in [5.74, 6) is -0.918. The van der Waals surface area contributed by atoms with Crippen LogP contribution in [0.15, 0.2) is 35.8 Å². The van der Waals surface area contributed by atoms with Crippen molar-refractivity contribution in [1.82, 2.24) is 0 Å². The molecule has 1 atom stereocenters. The number of Topliss-reactive ketones (excluding diaryl/α,β-unsaturated/α-hetero) is 1. The maximum Gasteiger partial charge on any atom is 0.287 e. The maximum absolute atomic E-state index is 12.0. The topological polar surface area (TPSA) is 78.7 Å². The number of ketones is 1. The number of carbonyl (C=O) groups excluding carboxylic acids is 1. The van der Waals surface area contributed by atoms with Gasteiger partial charge in [-0.05, 0) is 24.6 Å². The summed E-state index contributed by atoms with van der Waals surface area (Å²) in [5, 5.41) is 11.5. The van der Waals surface area contributed by atoms with Crippen LogP contribution in [0.3, 0.4) is 0 Å². The van der Waals surface area contributed by atoms with E-state index in [1.54, 1.807) is 31.2 Å². The fraction of sp³-hybridized carbons (Fsp3) is 0.357. The van der Waals surface area contributed by atoms with Gasteiger partial charge in [0, 0.05) is 9.95 Å². The lowest BCUT2D eigenvalue weighted by Gasteiger charge is -2.14. The van der Waals surface area contributed by atoms with Crippen LogP contribution in [0.5, 0.6) is 0 Å². The van der Waals surface area contributed by atoms with Crippen LogP contribution in [0.25, 0.3) is 0 Å². The Bertz CT molecular complexity index is 582. The van der Waals surface area contributed by atoms with E-state index in [0.717, 1.165) is 0 Å². The molecule has 0 N–H and O–H groups in total. The Kier molecular flexibility index (Phi) is 4.80. The quantitative estimate of drug-likeness (QED) is 0.596. The van der Waals surface area contributed by atoms with Crippen molar-refractivity contribution in [1.29, 1.82) is 0 Å². The van der Waals surface area contributed by atoms with E-state index in [1.165, 1.54) is 0 Å². The number of rotatable bonds is 6. The fourth-order valence-electron chi connectivity index (χ4n) is 2.20. The molecule has 1 aliphatic heterocycles. The Hall–Kier alpha value is -2.08. The minimum atomic E-state index is -0.714. The fourth-order valence-corrected chi connectivity index (χ4v) is 2.32. The predicted molar refractivity (Wildman–Crippen MR) is 75.7 cm³/mol. The predicted octanol–water partition coefficient (Wildman–Crippen LogP) is 2.55. The summed E-state index contributed by atoms with van der Waals surface area (Å²) >= 11 is 5.83. The number of carbonyl (C=O) groups is 1. The van der Waals surface area contributed by atoms with E-state index in [2.05, 4.69) is 0 Å². The standard InChI is InChI=1S/C14H14ClNO5/c1-2-20-14-13(12(17)8-21-14)11(7-16(18)19)9-3-5-10(15)6-4-9/h3-6,11H,2,7-8H2,1H3/t11-/m1/s1. The first kappa shape index (κ1) is 15.3. The van der Waals surface area contributed by atoms with Gasteiger partial charge in [-0.25, -0.2) is 0 Å². The number of halogens is 1. The number of nitrogens with zero attached hydrogens (tertiary/aromatic N) is 1. The van der Waals surface area contributed by atoms with E-state index in [0.29, 0.717) is 17.2 Å². The van der Waals surface area contributed by atoms with E-state index in [-0.39, 0.29) is 23.9 Å². The van der Waals surface area contributed by atoms with Gasteiger partial charge in [0.05, 0.1) is 18.1 Å². The van der Waals surface area contributed by atoms with Crippen molar-refractivity contribution in [2.75, 3.05) is 19.8 Å². The summed E-state index contributed by atoms with van der Waals surface area (Å²) in [5.41, 5.74) is 0.845. The van der Waals surface area contributed by atoms with Crippen molar-refractivity contribution in [3.05, 3.63) is 56.5 Å². The molecule has 0 aromatic heterocycles. The van der Waals surface area contributed by atoms with E-state index < -0.39 is 17.4 Å². The Morgan fingerprint density at radius 2 is 2.10 bits per heavy atom. The number of benzene rings is 1. The zero-order valence-corrected chi connectivity index (χ0v) is 12.1. The third kappa shape index (κ3) is 3.52. The van der Waals surface area contributed by atoms with Gasteiger partial charge in [-0.3, -0.25) is 14.9 Å². The number of nitro groups is 1. The smallest absolute Gasteiger partial charge is 0.287 e. The number of hydrogen-bond donors (Lipinski definition) is 0. The van der Waals surface area contributed by atoms with Crippen LogP contribution >= 0.6 is 11.6 Å². The molecule has 0 saturated heterocycles. The second-order valence-corrected chi connectivity index (χ2v) is 4.90. The Morgan fingerprint density at radius 1 is 1.43 bits per heavy atom. The first-order valence-electron chi connectivity index (χ1n) is 6.43. The highest BCUT2D eigenvalue weighted by molar-refractivity contribution is 6.30. The van der Waals surface area contributed by atoms with Crippen molar-refractivity contribution in [3.63, 3.8) is 0 Å². The van der Waals surface area contributed by atoms with Crippen molar-refractivity contribution in [3.8, 4) is 0 Å². The minimum Gasteiger partial charge on any atom is -0.465 e. The molecule has 0 bridgehead atoms. The zero-order chi connectivity index (χ0) is 15.4. The lowest BCUT2D eigenvalue weighted by atomic mass is 9.89. The molecule has 7 heteroatoms. The maximum atomic E-state index is 12.0. The molecule has 1 aromatic rings. The second-order valence-electron chi connectivity index (χ2n) is 4.47. The largest absolute Gasteiger partial charge is 0.465 e. The van der Waals surface area contributed by atoms with Crippen LogP contribution in [-0.4, -0.2) is 30.5 Å². The summed E-state index contributed by atoms with van der Waals surface area (Å²) < 4.78 is 10.5. The first-order valence-corrected chi connectivity index (χ1v) is 6.81. The molecule has 1 heterocycles. The second kappa shape index (κ2) is 6.58. The molecule has 6 nitrogen and oxygen atoms in total.